The highest BCUT2D eigenvalue weighted by molar-refractivity contribution is 5.42. The van der Waals surface area contributed by atoms with Gasteiger partial charge in [-0.1, -0.05) is 12.1 Å². The lowest BCUT2D eigenvalue weighted by atomic mass is 10.1. The van der Waals surface area contributed by atoms with Gasteiger partial charge < -0.3 is 15.6 Å². The van der Waals surface area contributed by atoms with Crippen LogP contribution in [0.15, 0.2) is 30.5 Å². The summed E-state index contributed by atoms with van der Waals surface area (Å²) in [5, 5.41) is 14.3. The van der Waals surface area contributed by atoms with Gasteiger partial charge in [-0.05, 0) is 17.7 Å². The fourth-order valence-electron chi connectivity index (χ4n) is 1.73. The van der Waals surface area contributed by atoms with E-state index in [2.05, 4.69) is 5.10 Å². The smallest absolute Gasteiger partial charge is 0.162 e. The average Bonchev–Trinajstić information content (AvgIpc) is 2.70. The molecule has 0 spiro atoms. The third-order valence-electron chi connectivity index (χ3n) is 2.68. The number of anilines is 1. The Morgan fingerprint density at radius 2 is 2.00 bits per heavy atom. The molecule has 0 aliphatic heterocycles. The number of nitrogens with two attached hydrogens (primary N) is 1. The van der Waals surface area contributed by atoms with Gasteiger partial charge in [-0.2, -0.15) is 5.10 Å². The van der Waals surface area contributed by atoms with E-state index in [1.54, 1.807) is 49.3 Å². The van der Waals surface area contributed by atoms with Gasteiger partial charge in [0.15, 0.2) is 5.75 Å². The second kappa shape index (κ2) is 4.47. The first-order valence-electron chi connectivity index (χ1n) is 5.23. The molecule has 0 saturated carbocycles. The lowest BCUT2D eigenvalue weighted by Crippen LogP contribution is -2.08. The second-order valence-electron chi connectivity index (χ2n) is 3.79. The normalized spacial score (nSPS) is 12.4. The molecule has 1 atom stereocenters. The Kier molecular flexibility index (Phi) is 3.01. The molecule has 17 heavy (non-hydrogen) atoms. The third kappa shape index (κ3) is 2.09. The molecule has 1 heterocycles. The fraction of sp³-hybridized carbons (Fsp3) is 0.250. The number of hydrogen-bond donors (Lipinski definition) is 2. The quantitative estimate of drug-likeness (QED) is 0.778. The lowest BCUT2D eigenvalue weighted by Gasteiger charge is -2.13. The molecule has 0 aliphatic carbocycles. The predicted molar refractivity (Wildman–Crippen MR) is 64.7 cm³/mol. The first-order chi connectivity index (χ1) is 8.13. The lowest BCUT2D eigenvalue weighted by molar-refractivity contribution is 0.204. The van der Waals surface area contributed by atoms with E-state index in [9.17, 15) is 5.11 Å². The number of aliphatic hydroxyl groups is 1. The Balaban J connectivity index is 2.39. The van der Waals surface area contributed by atoms with E-state index >= 15 is 0 Å². The molecule has 0 saturated heterocycles. The van der Waals surface area contributed by atoms with Crippen LogP contribution in [0.4, 0.5) is 5.69 Å². The molecule has 0 bridgehead atoms. The standard InChI is InChI=1S/C12H15N3O2/c1-15-11(10(17-2)7-14-15)12(16)8-3-5-9(13)6-4-8/h3-7,12,16H,13H2,1-2H3. The number of nitrogen functional groups attached to an aromatic ring is 1. The van der Waals surface area contributed by atoms with Gasteiger partial charge in [0.25, 0.3) is 0 Å². The van der Waals surface area contributed by atoms with Gasteiger partial charge in [-0.15, -0.1) is 0 Å². The Morgan fingerprint density at radius 1 is 1.35 bits per heavy atom. The summed E-state index contributed by atoms with van der Waals surface area (Å²) in [4.78, 5) is 0. The topological polar surface area (TPSA) is 73.3 Å². The molecular formula is C12H15N3O2. The summed E-state index contributed by atoms with van der Waals surface area (Å²) in [5.74, 6) is 0.567. The fourth-order valence-corrected chi connectivity index (χ4v) is 1.73. The van der Waals surface area contributed by atoms with Crippen molar-refractivity contribution in [2.24, 2.45) is 7.05 Å². The van der Waals surface area contributed by atoms with Crippen LogP contribution in [0.1, 0.15) is 17.4 Å². The van der Waals surface area contributed by atoms with Crippen LogP contribution in [0, 0.1) is 0 Å². The molecular weight excluding hydrogens is 218 g/mol. The summed E-state index contributed by atoms with van der Waals surface area (Å²) in [6.45, 7) is 0. The Labute approximate surface area is 99.4 Å². The van der Waals surface area contributed by atoms with Crippen LogP contribution < -0.4 is 10.5 Å². The van der Waals surface area contributed by atoms with Crippen LogP contribution in [-0.2, 0) is 7.05 Å². The number of ether oxygens (including phenoxy) is 1. The zero-order chi connectivity index (χ0) is 12.4. The largest absolute Gasteiger partial charge is 0.493 e. The first-order valence-corrected chi connectivity index (χ1v) is 5.23. The van der Waals surface area contributed by atoms with Gasteiger partial charge in [0.05, 0.1) is 13.3 Å². The number of nitrogens with zero attached hydrogens (tertiary/aromatic N) is 2. The van der Waals surface area contributed by atoms with Crippen molar-refractivity contribution in [3.63, 3.8) is 0 Å². The second-order valence-corrected chi connectivity index (χ2v) is 3.79. The summed E-state index contributed by atoms with van der Waals surface area (Å²) in [6.07, 6.45) is 0.800. The van der Waals surface area contributed by atoms with Crippen LogP contribution in [0.5, 0.6) is 5.75 Å². The predicted octanol–water partition coefficient (Wildman–Crippen LogP) is 1.09. The van der Waals surface area contributed by atoms with Crippen LogP contribution in [0.2, 0.25) is 0 Å². The van der Waals surface area contributed by atoms with Gasteiger partial charge >= 0.3 is 0 Å². The average molecular weight is 233 g/mol. The van der Waals surface area contributed by atoms with Crippen LogP contribution >= 0.6 is 0 Å². The Bertz CT molecular complexity index is 505. The van der Waals surface area contributed by atoms with Crippen molar-refractivity contribution in [3.05, 3.63) is 41.7 Å². The number of aryl methyl sites for hydroxylation is 1. The highest BCUT2D eigenvalue weighted by atomic mass is 16.5. The molecule has 1 aromatic heterocycles. The molecule has 0 fully saturated rings. The van der Waals surface area contributed by atoms with Crippen molar-refractivity contribution in [2.45, 2.75) is 6.10 Å². The molecule has 5 nitrogen and oxygen atoms in total. The molecule has 0 radical (unpaired) electrons. The van der Waals surface area contributed by atoms with Crippen LogP contribution in [-0.4, -0.2) is 22.0 Å². The zero-order valence-corrected chi connectivity index (χ0v) is 9.79. The maximum atomic E-state index is 10.3. The van der Waals surface area contributed by atoms with Crippen molar-refractivity contribution >= 4 is 5.69 Å². The summed E-state index contributed by atoms with van der Waals surface area (Å²) in [7, 11) is 3.31. The van der Waals surface area contributed by atoms with Crippen molar-refractivity contribution in [1.82, 2.24) is 9.78 Å². The number of rotatable bonds is 3. The zero-order valence-electron chi connectivity index (χ0n) is 9.79. The van der Waals surface area contributed by atoms with E-state index in [4.69, 9.17) is 10.5 Å². The Hall–Kier alpha value is -2.01. The van der Waals surface area contributed by atoms with Crippen molar-refractivity contribution < 1.29 is 9.84 Å². The van der Waals surface area contributed by atoms with Crippen molar-refractivity contribution in [2.75, 3.05) is 12.8 Å². The minimum absolute atomic E-state index is 0.567. The van der Waals surface area contributed by atoms with Crippen molar-refractivity contribution in [1.29, 1.82) is 0 Å². The number of hydrogen-bond acceptors (Lipinski definition) is 4. The Morgan fingerprint density at radius 3 is 2.59 bits per heavy atom. The van der Waals surface area contributed by atoms with E-state index in [-0.39, 0.29) is 0 Å². The first kappa shape index (κ1) is 11.5. The van der Waals surface area contributed by atoms with Gasteiger partial charge in [0.2, 0.25) is 0 Å². The summed E-state index contributed by atoms with van der Waals surface area (Å²) >= 11 is 0. The molecule has 90 valence electrons. The van der Waals surface area contributed by atoms with E-state index in [1.807, 2.05) is 0 Å². The number of aromatic nitrogens is 2. The summed E-state index contributed by atoms with van der Waals surface area (Å²) in [6, 6.07) is 7.07. The third-order valence-corrected chi connectivity index (χ3v) is 2.68. The highest BCUT2D eigenvalue weighted by Crippen LogP contribution is 2.29. The molecule has 2 rings (SSSR count). The molecule has 5 heteroatoms. The van der Waals surface area contributed by atoms with Gasteiger partial charge in [0.1, 0.15) is 11.8 Å². The minimum atomic E-state index is -0.780. The maximum Gasteiger partial charge on any atom is 0.162 e. The monoisotopic (exact) mass is 233 g/mol. The SMILES string of the molecule is COc1cnn(C)c1C(O)c1ccc(N)cc1. The van der Waals surface area contributed by atoms with Crippen LogP contribution in [0.25, 0.3) is 0 Å². The van der Waals surface area contributed by atoms with Gasteiger partial charge in [-0.25, -0.2) is 0 Å². The molecule has 0 aliphatic rings. The van der Waals surface area contributed by atoms with Gasteiger partial charge in [-0.3, -0.25) is 4.68 Å². The van der Waals surface area contributed by atoms with E-state index in [0.29, 0.717) is 17.1 Å². The van der Waals surface area contributed by atoms with Gasteiger partial charge in [0, 0.05) is 12.7 Å². The highest BCUT2D eigenvalue weighted by Gasteiger charge is 2.19. The molecule has 2 aromatic rings. The summed E-state index contributed by atoms with van der Waals surface area (Å²) in [5.41, 5.74) is 7.65. The molecule has 1 unspecified atom stereocenters. The number of benzene rings is 1. The van der Waals surface area contributed by atoms with Crippen molar-refractivity contribution in [3.8, 4) is 5.75 Å². The number of methoxy groups -OCH3 is 1. The molecule has 3 N–H and O–H groups in total. The van der Waals surface area contributed by atoms with Crippen LogP contribution in [0.3, 0.4) is 0 Å². The minimum Gasteiger partial charge on any atom is -0.493 e. The molecule has 0 amide bonds. The molecule has 1 aromatic carbocycles. The number of aliphatic hydroxyl groups excluding tert-OH is 1. The van der Waals surface area contributed by atoms with E-state index in [1.165, 1.54) is 0 Å². The summed E-state index contributed by atoms with van der Waals surface area (Å²) < 4.78 is 6.76. The van der Waals surface area contributed by atoms with E-state index in [0.717, 1.165) is 5.56 Å². The van der Waals surface area contributed by atoms with E-state index < -0.39 is 6.10 Å². The maximum absolute atomic E-state index is 10.3.